The molecule has 0 aliphatic rings. The van der Waals surface area contributed by atoms with E-state index < -0.39 is 4.92 Å². The lowest BCUT2D eigenvalue weighted by Gasteiger charge is -2.11. The minimum Gasteiger partial charge on any atom is -0.457 e. The molecule has 2 aromatic heterocycles. The lowest BCUT2D eigenvalue weighted by Crippen LogP contribution is -2.06. The van der Waals surface area contributed by atoms with Crippen molar-refractivity contribution in [1.29, 1.82) is 0 Å². The average molecular weight is 414 g/mol. The monoisotopic (exact) mass is 414 g/mol. The highest BCUT2D eigenvalue weighted by atomic mass is 16.6. The van der Waals surface area contributed by atoms with Gasteiger partial charge in [0.05, 0.1) is 4.92 Å². The van der Waals surface area contributed by atoms with E-state index in [1.807, 2.05) is 43.3 Å². The molecule has 0 saturated carbocycles. The molecule has 4 aromatic rings. The van der Waals surface area contributed by atoms with Gasteiger partial charge in [0, 0.05) is 11.9 Å². The van der Waals surface area contributed by atoms with Crippen LogP contribution in [0.4, 0.5) is 28.8 Å². The van der Waals surface area contributed by atoms with Gasteiger partial charge in [-0.3, -0.25) is 10.1 Å². The Kier molecular flexibility index (Phi) is 5.66. The summed E-state index contributed by atoms with van der Waals surface area (Å²) < 4.78 is 5.76. The number of aryl methyl sites for hydroxylation is 1. The van der Waals surface area contributed by atoms with Crippen LogP contribution >= 0.6 is 0 Å². The van der Waals surface area contributed by atoms with Crippen molar-refractivity contribution in [3.05, 3.63) is 94.9 Å². The number of nitro groups is 1. The van der Waals surface area contributed by atoms with Crippen LogP contribution in [0.2, 0.25) is 0 Å². The molecule has 31 heavy (non-hydrogen) atoms. The zero-order valence-electron chi connectivity index (χ0n) is 16.5. The maximum absolute atomic E-state index is 11.7. The Morgan fingerprint density at radius 1 is 0.839 bits per heavy atom. The fourth-order valence-electron chi connectivity index (χ4n) is 2.77. The molecule has 2 aromatic carbocycles. The normalized spacial score (nSPS) is 10.4. The number of nitrogens with zero attached hydrogens (tertiary/aromatic N) is 4. The molecule has 4 rings (SSSR count). The van der Waals surface area contributed by atoms with Gasteiger partial charge in [0.2, 0.25) is 11.6 Å². The summed E-state index contributed by atoms with van der Waals surface area (Å²) >= 11 is 0. The Morgan fingerprint density at radius 3 is 2.16 bits per heavy atom. The maximum Gasteiger partial charge on any atom is 0.353 e. The molecule has 0 atom stereocenters. The van der Waals surface area contributed by atoms with E-state index in [9.17, 15) is 10.1 Å². The number of pyridine rings is 1. The molecule has 0 bridgehead atoms. The van der Waals surface area contributed by atoms with E-state index in [-0.39, 0.29) is 17.3 Å². The summed E-state index contributed by atoms with van der Waals surface area (Å²) in [6, 6.07) is 20.0. The van der Waals surface area contributed by atoms with E-state index in [0.29, 0.717) is 17.3 Å². The molecule has 0 saturated heterocycles. The first-order valence-electron chi connectivity index (χ1n) is 9.37. The van der Waals surface area contributed by atoms with Gasteiger partial charge in [-0.05, 0) is 55.0 Å². The molecule has 2 heterocycles. The second-order valence-electron chi connectivity index (χ2n) is 6.59. The molecule has 0 aliphatic carbocycles. The number of ether oxygens (including phenoxy) is 1. The van der Waals surface area contributed by atoms with Gasteiger partial charge in [-0.25, -0.2) is 15.0 Å². The van der Waals surface area contributed by atoms with Crippen molar-refractivity contribution < 1.29 is 9.66 Å². The Labute approximate surface area is 177 Å². The van der Waals surface area contributed by atoms with Crippen LogP contribution in [0.1, 0.15) is 5.56 Å². The Morgan fingerprint density at radius 2 is 1.52 bits per heavy atom. The standard InChI is InChI=1S/C22H18N6O3/c1-15-7-12-19(23-13-15)27-22-20(28(29)30)21(24-14-25-22)26-16-8-10-18(11-9-16)31-17-5-3-2-4-6-17/h2-14H,1H3,(H2,23,24,25,26,27). The maximum atomic E-state index is 11.7. The zero-order valence-corrected chi connectivity index (χ0v) is 16.5. The highest BCUT2D eigenvalue weighted by molar-refractivity contribution is 5.76. The third-order valence-electron chi connectivity index (χ3n) is 4.26. The molecule has 9 heteroatoms. The molecule has 154 valence electrons. The number of rotatable bonds is 7. The molecule has 2 N–H and O–H groups in total. The minimum atomic E-state index is -0.536. The zero-order chi connectivity index (χ0) is 21.6. The van der Waals surface area contributed by atoms with Crippen LogP contribution < -0.4 is 15.4 Å². The van der Waals surface area contributed by atoms with Crippen LogP contribution in [-0.4, -0.2) is 19.9 Å². The number of hydrogen-bond acceptors (Lipinski definition) is 8. The summed E-state index contributed by atoms with van der Waals surface area (Å²) in [7, 11) is 0. The third-order valence-corrected chi connectivity index (χ3v) is 4.26. The number of anilines is 4. The average Bonchev–Trinajstić information content (AvgIpc) is 2.77. The highest BCUT2D eigenvalue weighted by Gasteiger charge is 2.23. The quantitative estimate of drug-likeness (QED) is 0.306. The molecule has 0 aliphatic heterocycles. The molecule has 0 unspecified atom stereocenters. The van der Waals surface area contributed by atoms with Crippen LogP contribution in [0.5, 0.6) is 11.5 Å². The minimum absolute atomic E-state index is 0.0443. The van der Waals surface area contributed by atoms with Gasteiger partial charge < -0.3 is 15.4 Å². The Hall–Kier alpha value is -4.53. The number of hydrogen-bond donors (Lipinski definition) is 2. The molecule has 0 fully saturated rings. The molecule has 0 radical (unpaired) electrons. The molecule has 0 amide bonds. The second kappa shape index (κ2) is 8.87. The summed E-state index contributed by atoms with van der Waals surface area (Å²) in [5.74, 6) is 1.91. The first-order valence-corrected chi connectivity index (χ1v) is 9.37. The smallest absolute Gasteiger partial charge is 0.353 e. The van der Waals surface area contributed by atoms with Gasteiger partial charge in [-0.2, -0.15) is 0 Å². The van der Waals surface area contributed by atoms with E-state index in [1.165, 1.54) is 6.33 Å². The van der Waals surface area contributed by atoms with E-state index >= 15 is 0 Å². The van der Waals surface area contributed by atoms with E-state index in [4.69, 9.17) is 4.74 Å². The van der Waals surface area contributed by atoms with Gasteiger partial charge in [0.15, 0.2) is 0 Å². The Bertz CT molecular complexity index is 1180. The predicted molar refractivity (Wildman–Crippen MR) is 117 cm³/mol. The number of para-hydroxylation sites is 1. The summed E-state index contributed by atoms with van der Waals surface area (Å²) in [5, 5.41) is 17.6. The molecule has 9 nitrogen and oxygen atoms in total. The lowest BCUT2D eigenvalue weighted by molar-refractivity contribution is -0.383. The molecule has 0 spiro atoms. The van der Waals surface area contributed by atoms with E-state index in [2.05, 4.69) is 25.6 Å². The van der Waals surface area contributed by atoms with Gasteiger partial charge in [-0.1, -0.05) is 24.3 Å². The van der Waals surface area contributed by atoms with Crippen molar-refractivity contribution in [2.24, 2.45) is 0 Å². The van der Waals surface area contributed by atoms with Crippen LogP contribution in [0.25, 0.3) is 0 Å². The Balaban J connectivity index is 1.55. The summed E-state index contributed by atoms with van der Waals surface area (Å²) in [5.41, 5.74) is 1.31. The van der Waals surface area contributed by atoms with Crippen LogP contribution in [0, 0.1) is 17.0 Å². The first-order chi connectivity index (χ1) is 15.1. The van der Waals surface area contributed by atoms with Crippen LogP contribution in [0.3, 0.4) is 0 Å². The fourth-order valence-corrected chi connectivity index (χ4v) is 2.77. The summed E-state index contributed by atoms with van der Waals surface area (Å²) in [6.45, 7) is 1.90. The van der Waals surface area contributed by atoms with Gasteiger partial charge in [0.25, 0.3) is 0 Å². The third kappa shape index (κ3) is 4.91. The van der Waals surface area contributed by atoms with Crippen molar-refractivity contribution in [3.63, 3.8) is 0 Å². The van der Waals surface area contributed by atoms with Crippen molar-refractivity contribution in [3.8, 4) is 11.5 Å². The second-order valence-corrected chi connectivity index (χ2v) is 6.59. The van der Waals surface area contributed by atoms with Crippen LogP contribution in [-0.2, 0) is 0 Å². The first kappa shape index (κ1) is 19.8. The van der Waals surface area contributed by atoms with Crippen molar-refractivity contribution >= 4 is 28.8 Å². The highest BCUT2D eigenvalue weighted by Crippen LogP contribution is 2.33. The SMILES string of the molecule is Cc1ccc(Nc2ncnc(Nc3ccc(Oc4ccccc4)cc3)c2[N+](=O)[O-])nc1. The van der Waals surface area contributed by atoms with Crippen LogP contribution in [0.15, 0.2) is 79.3 Å². The largest absolute Gasteiger partial charge is 0.457 e. The van der Waals surface area contributed by atoms with E-state index in [1.54, 1.807) is 36.5 Å². The van der Waals surface area contributed by atoms with E-state index in [0.717, 1.165) is 11.3 Å². The predicted octanol–water partition coefficient (Wildman–Crippen LogP) is 5.37. The van der Waals surface area contributed by atoms with Crippen molar-refractivity contribution in [2.45, 2.75) is 6.92 Å². The number of benzene rings is 2. The fraction of sp³-hybridized carbons (Fsp3) is 0.0455. The topological polar surface area (TPSA) is 115 Å². The van der Waals surface area contributed by atoms with Gasteiger partial charge in [-0.15, -0.1) is 0 Å². The number of aromatic nitrogens is 3. The van der Waals surface area contributed by atoms with Gasteiger partial charge in [0.1, 0.15) is 23.6 Å². The summed E-state index contributed by atoms with van der Waals surface area (Å²) in [6.07, 6.45) is 2.91. The van der Waals surface area contributed by atoms with Gasteiger partial charge >= 0.3 is 5.69 Å². The lowest BCUT2D eigenvalue weighted by atomic mass is 10.3. The summed E-state index contributed by atoms with van der Waals surface area (Å²) in [4.78, 5) is 23.5. The van der Waals surface area contributed by atoms with Crippen molar-refractivity contribution in [1.82, 2.24) is 15.0 Å². The molecular weight excluding hydrogens is 396 g/mol. The molecular formula is C22H18N6O3. The number of nitrogens with one attached hydrogen (secondary N) is 2. The van der Waals surface area contributed by atoms with Crippen molar-refractivity contribution in [2.75, 3.05) is 10.6 Å².